The SMILES string of the molecule is Cc1ccc(C(=O)c2cn(C)cn2)c(F)c1F. The normalized spacial score (nSPS) is 10.6. The van der Waals surface area contributed by atoms with Crippen LogP contribution in [0.2, 0.25) is 0 Å². The summed E-state index contributed by atoms with van der Waals surface area (Å²) in [4.78, 5) is 15.7. The van der Waals surface area contributed by atoms with Gasteiger partial charge in [0.2, 0.25) is 5.78 Å². The van der Waals surface area contributed by atoms with Crippen molar-refractivity contribution in [3.63, 3.8) is 0 Å². The van der Waals surface area contributed by atoms with E-state index in [4.69, 9.17) is 0 Å². The third kappa shape index (κ3) is 1.95. The Morgan fingerprint density at radius 2 is 2.00 bits per heavy atom. The van der Waals surface area contributed by atoms with Crippen LogP contribution in [0.5, 0.6) is 0 Å². The van der Waals surface area contributed by atoms with Crippen LogP contribution in [0.1, 0.15) is 21.6 Å². The van der Waals surface area contributed by atoms with Gasteiger partial charge < -0.3 is 4.57 Å². The fraction of sp³-hybridized carbons (Fsp3) is 0.167. The molecule has 0 spiro atoms. The minimum absolute atomic E-state index is 0.0923. The van der Waals surface area contributed by atoms with Crippen LogP contribution in [-0.2, 0) is 7.05 Å². The number of hydrogen-bond donors (Lipinski definition) is 0. The van der Waals surface area contributed by atoms with Gasteiger partial charge in [0, 0.05) is 13.2 Å². The Bertz CT molecular complexity index is 590. The molecule has 88 valence electrons. The quantitative estimate of drug-likeness (QED) is 0.749. The van der Waals surface area contributed by atoms with Gasteiger partial charge in [0.25, 0.3) is 0 Å². The molecule has 0 saturated carbocycles. The van der Waals surface area contributed by atoms with Crippen molar-refractivity contribution >= 4 is 5.78 Å². The molecule has 0 amide bonds. The zero-order valence-corrected chi connectivity index (χ0v) is 9.37. The fourth-order valence-corrected chi connectivity index (χ4v) is 1.49. The maximum Gasteiger partial charge on any atom is 0.215 e. The van der Waals surface area contributed by atoms with Gasteiger partial charge in [-0.05, 0) is 18.6 Å². The zero-order valence-electron chi connectivity index (χ0n) is 9.37. The topological polar surface area (TPSA) is 34.9 Å². The lowest BCUT2D eigenvalue weighted by Gasteiger charge is -2.03. The van der Waals surface area contributed by atoms with E-state index in [1.54, 1.807) is 11.6 Å². The van der Waals surface area contributed by atoms with Crippen molar-refractivity contribution in [1.82, 2.24) is 9.55 Å². The molecule has 1 aromatic heterocycles. The molecule has 1 aromatic carbocycles. The van der Waals surface area contributed by atoms with Crippen LogP contribution < -0.4 is 0 Å². The van der Waals surface area contributed by atoms with Crippen LogP contribution in [0.25, 0.3) is 0 Å². The van der Waals surface area contributed by atoms with Crippen LogP contribution in [0, 0.1) is 18.6 Å². The molecule has 3 nitrogen and oxygen atoms in total. The van der Waals surface area contributed by atoms with E-state index in [1.807, 2.05) is 0 Å². The molecular weight excluding hydrogens is 226 g/mol. The Morgan fingerprint density at radius 3 is 2.59 bits per heavy atom. The highest BCUT2D eigenvalue weighted by Crippen LogP contribution is 2.18. The summed E-state index contributed by atoms with van der Waals surface area (Å²) in [5, 5.41) is 0. The molecule has 0 aliphatic rings. The molecule has 0 N–H and O–H groups in total. The third-order valence-corrected chi connectivity index (χ3v) is 2.46. The van der Waals surface area contributed by atoms with Crippen molar-refractivity contribution in [1.29, 1.82) is 0 Å². The van der Waals surface area contributed by atoms with Crippen LogP contribution >= 0.6 is 0 Å². The summed E-state index contributed by atoms with van der Waals surface area (Å²) < 4.78 is 28.5. The predicted octanol–water partition coefficient (Wildman–Crippen LogP) is 2.24. The van der Waals surface area contributed by atoms with Crippen LogP contribution in [-0.4, -0.2) is 15.3 Å². The van der Waals surface area contributed by atoms with Crippen LogP contribution in [0.4, 0.5) is 8.78 Å². The molecular formula is C12H10F2N2O. The summed E-state index contributed by atoms with van der Waals surface area (Å²) in [7, 11) is 1.69. The average Bonchev–Trinajstić information content (AvgIpc) is 2.72. The molecule has 0 aliphatic heterocycles. The van der Waals surface area contributed by atoms with Gasteiger partial charge in [0.1, 0.15) is 5.69 Å². The fourth-order valence-electron chi connectivity index (χ4n) is 1.49. The van der Waals surface area contributed by atoms with Crippen molar-refractivity contribution in [3.05, 3.63) is 53.1 Å². The molecule has 2 rings (SSSR count). The highest BCUT2D eigenvalue weighted by Gasteiger charge is 2.19. The summed E-state index contributed by atoms with van der Waals surface area (Å²) in [6.07, 6.45) is 2.88. The number of nitrogens with zero attached hydrogens (tertiary/aromatic N) is 2. The molecule has 0 fully saturated rings. The van der Waals surface area contributed by atoms with E-state index in [9.17, 15) is 13.6 Å². The Balaban J connectivity index is 2.48. The molecule has 1 heterocycles. The summed E-state index contributed by atoms with van der Waals surface area (Å²) in [6, 6.07) is 2.64. The number of rotatable bonds is 2. The van der Waals surface area contributed by atoms with E-state index in [2.05, 4.69) is 4.98 Å². The van der Waals surface area contributed by atoms with Crippen molar-refractivity contribution in [3.8, 4) is 0 Å². The van der Waals surface area contributed by atoms with Crippen molar-refractivity contribution < 1.29 is 13.6 Å². The number of aromatic nitrogens is 2. The van der Waals surface area contributed by atoms with Gasteiger partial charge in [-0.3, -0.25) is 4.79 Å². The van der Waals surface area contributed by atoms with Crippen molar-refractivity contribution in [2.24, 2.45) is 7.05 Å². The van der Waals surface area contributed by atoms with Crippen LogP contribution in [0.3, 0.4) is 0 Å². The molecule has 0 unspecified atom stereocenters. The predicted molar refractivity (Wildman–Crippen MR) is 57.7 cm³/mol. The minimum Gasteiger partial charge on any atom is -0.340 e. The summed E-state index contributed by atoms with van der Waals surface area (Å²) >= 11 is 0. The molecule has 17 heavy (non-hydrogen) atoms. The van der Waals surface area contributed by atoms with Gasteiger partial charge in [-0.2, -0.15) is 0 Å². The second-order valence-electron chi connectivity index (χ2n) is 3.81. The number of aryl methyl sites for hydroxylation is 2. The summed E-state index contributed by atoms with van der Waals surface area (Å²) in [5.74, 6) is -2.74. The summed E-state index contributed by atoms with van der Waals surface area (Å²) in [5.41, 5.74) is -0.0403. The van der Waals surface area contributed by atoms with Gasteiger partial charge >= 0.3 is 0 Å². The number of imidazole rings is 1. The van der Waals surface area contributed by atoms with Crippen molar-refractivity contribution in [2.75, 3.05) is 0 Å². The highest BCUT2D eigenvalue weighted by molar-refractivity contribution is 6.07. The molecule has 0 radical (unpaired) electrons. The van der Waals surface area contributed by atoms with Gasteiger partial charge in [-0.15, -0.1) is 0 Å². The lowest BCUT2D eigenvalue weighted by atomic mass is 10.1. The van der Waals surface area contributed by atoms with E-state index in [1.165, 1.54) is 31.6 Å². The third-order valence-electron chi connectivity index (χ3n) is 2.46. The Hall–Kier alpha value is -2.04. The first kappa shape index (κ1) is 11.4. The number of hydrogen-bond acceptors (Lipinski definition) is 2. The van der Waals surface area contributed by atoms with Crippen molar-refractivity contribution in [2.45, 2.75) is 6.92 Å². The Labute approximate surface area is 96.7 Å². The molecule has 5 heteroatoms. The largest absolute Gasteiger partial charge is 0.340 e. The maximum absolute atomic E-state index is 13.6. The van der Waals surface area contributed by atoms with Gasteiger partial charge in [0.05, 0.1) is 11.9 Å². The monoisotopic (exact) mass is 236 g/mol. The smallest absolute Gasteiger partial charge is 0.215 e. The van der Waals surface area contributed by atoms with E-state index >= 15 is 0 Å². The first-order valence-corrected chi connectivity index (χ1v) is 4.98. The van der Waals surface area contributed by atoms with E-state index < -0.39 is 17.4 Å². The molecule has 0 saturated heterocycles. The summed E-state index contributed by atoms with van der Waals surface area (Å²) in [6.45, 7) is 1.44. The lowest BCUT2D eigenvalue weighted by Crippen LogP contribution is -2.07. The standard InChI is InChI=1S/C12H10F2N2O/c1-7-3-4-8(11(14)10(7)13)12(17)9-5-16(2)6-15-9/h3-6H,1-2H3. The second-order valence-corrected chi connectivity index (χ2v) is 3.81. The Kier molecular flexibility index (Phi) is 2.75. The number of carbonyl (C=O) groups is 1. The zero-order chi connectivity index (χ0) is 12.6. The van der Waals surface area contributed by atoms with E-state index in [-0.39, 0.29) is 16.8 Å². The number of ketones is 1. The van der Waals surface area contributed by atoms with Gasteiger partial charge in [0.15, 0.2) is 11.6 Å². The maximum atomic E-state index is 13.6. The number of halogens is 2. The minimum atomic E-state index is -1.12. The van der Waals surface area contributed by atoms with Gasteiger partial charge in [-0.25, -0.2) is 13.8 Å². The number of carbonyl (C=O) groups excluding carboxylic acids is 1. The molecule has 0 aliphatic carbocycles. The highest BCUT2D eigenvalue weighted by atomic mass is 19.2. The van der Waals surface area contributed by atoms with E-state index in [0.29, 0.717) is 0 Å². The van der Waals surface area contributed by atoms with E-state index in [0.717, 1.165) is 0 Å². The van der Waals surface area contributed by atoms with Crippen LogP contribution in [0.15, 0.2) is 24.7 Å². The average molecular weight is 236 g/mol. The second kappa shape index (κ2) is 4.08. The Morgan fingerprint density at radius 1 is 1.29 bits per heavy atom. The molecule has 0 atom stereocenters. The first-order valence-electron chi connectivity index (χ1n) is 4.98. The number of benzene rings is 1. The first-order chi connectivity index (χ1) is 8.00. The van der Waals surface area contributed by atoms with Gasteiger partial charge in [-0.1, -0.05) is 6.07 Å². The lowest BCUT2D eigenvalue weighted by molar-refractivity contribution is 0.103. The molecule has 0 bridgehead atoms. The molecule has 2 aromatic rings.